The van der Waals surface area contributed by atoms with Gasteiger partial charge in [0.1, 0.15) is 0 Å². The molecule has 0 fully saturated rings. The third-order valence-corrected chi connectivity index (χ3v) is 6.33. The molecular weight excluding hydrogens is 428 g/mol. The molecule has 0 bridgehead atoms. The maximum atomic E-state index is 13.0. The average Bonchev–Trinajstić information content (AvgIpc) is 2.71. The van der Waals surface area contributed by atoms with E-state index in [4.69, 9.17) is 11.5 Å². The first-order chi connectivity index (χ1) is 15.0. The molecule has 0 saturated carbocycles. The summed E-state index contributed by atoms with van der Waals surface area (Å²) in [4.78, 5) is 17.7. The Morgan fingerprint density at radius 3 is 2.38 bits per heavy atom. The Hall–Kier alpha value is -2.85. The lowest BCUT2D eigenvalue weighted by Gasteiger charge is -2.17. The number of sulfonamides is 1. The zero-order valence-corrected chi connectivity index (χ0v) is 19.9. The van der Waals surface area contributed by atoms with Gasteiger partial charge in [0.25, 0.3) is 10.0 Å². The number of rotatable bonds is 11. The lowest BCUT2D eigenvalue weighted by molar-refractivity contribution is -0.120. The summed E-state index contributed by atoms with van der Waals surface area (Å²) in [6, 6.07) is 10.2. The number of nitrogens with zero attached hydrogens (tertiary/aromatic N) is 2. The highest BCUT2D eigenvalue weighted by molar-refractivity contribution is 7.90. The van der Waals surface area contributed by atoms with Crippen LogP contribution in [0.25, 0.3) is 10.8 Å². The zero-order valence-electron chi connectivity index (χ0n) is 19.1. The number of amides is 1. The molecule has 9 nitrogen and oxygen atoms in total. The maximum absolute atomic E-state index is 13.0. The number of nitrogens with two attached hydrogens (primary N) is 2. The Kier molecular flexibility index (Phi) is 8.85. The lowest BCUT2D eigenvalue weighted by atomic mass is 10.1. The van der Waals surface area contributed by atoms with Gasteiger partial charge in [-0.15, -0.1) is 0 Å². The Morgan fingerprint density at radius 2 is 1.75 bits per heavy atom. The van der Waals surface area contributed by atoms with E-state index in [1.165, 1.54) is 6.07 Å². The van der Waals surface area contributed by atoms with Crippen molar-refractivity contribution in [2.24, 2.45) is 22.4 Å². The summed E-state index contributed by atoms with van der Waals surface area (Å²) in [5.74, 6) is -0.226. The van der Waals surface area contributed by atoms with Crippen molar-refractivity contribution in [1.29, 1.82) is 0 Å². The van der Waals surface area contributed by atoms with Gasteiger partial charge >= 0.3 is 0 Å². The summed E-state index contributed by atoms with van der Waals surface area (Å²) in [5, 5.41) is 4.55. The second-order valence-corrected chi connectivity index (χ2v) is 9.95. The van der Waals surface area contributed by atoms with Crippen LogP contribution >= 0.6 is 0 Å². The van der Waals surface area contributed by atoms with Gasteiger partial charge < -0.3 is 21.7 Å². The van der Waals surface area contributed by atoms with Gasteiger partial charge in [0.05, 0.1) is 10.9 Å². The van der Waals surface area contributed by atoms with Crippen LogP contribution in [0.1, 0.15) is 26.7 Å². The second-order valence-electron chi connectivity index (χ2n) is 8.29. The number of anilines is 1. The minimum Gasteiger partial charge on any atom is -0.377 e. The van der Waals surface area contributed by atoms with Crippen molar-refractivity contribution in [3.63, 3.8) is 0 Å². The number of carbonyl (C=O) groups is 1. The van der Waals surface area contributed by atoms with E-state index in [0.29, 0.717) is 30.7 Å². The van der Waals surface area contributed by atoms with Crippen molar-refractivity contribution in [3.8, 4) is 0 Å². The molecule has 0 aliphatic carbocycles. The molecule has 2 rings (SSSR count). The molecule has 1 amide bonds. The van der Waals surface area contributed by atoms with E-state index in [1.807, 2.05) is 51.0 Å². The summed E-state index contributed by atoms with van der Waals surface area (Å²) < 4.78 is 28.3. The average molecular weight is 463 g/mol. The van der Waals surface area contributed by atoms with Crippen molar-refractivity contribution in [2.75, 3.05) is 32.1 Å². The number of hydrogen-bond acceptors (Lipinski definition) is 6. The molecule has 0 aliphatic rings. The molecule has 0 heterocycles. The molecular formula is C22H34N6O3S. The van der Waals surface area contributed by atoms with Gasteiger partial charge in [0, 0.05) is 37.1 Å². The number of aliphatic imine (C=N–C) groups is 1. The molecule has 32 heavy (non-hydrogen) atoms. The molecule has 176 valence electrons. The van der Waals surface area contributed by atoms with Crippen molar-refractivity contribution >= 4 is 38.3 Å². The molecule has 1 atom stereocenters. The molecule has 0 spiro atoms. The van der Waals surface area contributed by atoms with E-state index in [0.717, 1.165) is 11.1 Å². The minimum absolute atomic E-state index is 0.128. The fourth-order valence-electron chi connectivity index (χ4n) is 3.33. The van der Waals surface area contributed by atoms with Gasteiger partial charge in [0.15, 0.2) is 0 Å². The maximum Gasteiger partial charge on any atom is 0.264 e. The van der Waals surface area contributed by atoms with Gasteiger partial charge in [-0.2, -0.15) is 0 Å². The van der Waals surface area contributed by atoms with Crippen LogP contribution in [-0.4, -0.2) is 53.5 Å². The van der Waals surface area contributed by atoms with Crippen LogP contribution in [0.3, 0.4) is 0 Å². The molecule has 0 saturated heterocycles. The lowest BCUT2D eigenvalue weighted by Crippen LogP contribution is -2.42. The van der Waals surface area contributed by atoms with E-state index in [1.54, 1.807) is 12.1 Å². The largest absolute Gasteiger partial charge is 0.377 e. The smallest absolute Gasteiger partial charge is 0.264 e. The Bertz CT molecular complexity index is 1070. The highest BCUT2D eigenvalue weighted by atomic mass is 32.2. The van der Waals surface area contributed by atoms with E-state index in [2.05, 4.69) is 15.0 Å². The molecule has 10 heteroatoms. The minimum atomic E-state index is -3.92. The summed E-state index contributed by atoms with van der Waals surface area (Å²) in [6.07, 6.45) is 1.02. The van der Waals surface area contributed by atoms with Crippen molar-refractivity contribution in [1.82, 2.24) is 10.0 Å². The van der Waals surface area contributed by atoms with Crippen molar-refractivity contribution < 1.29 is 13.2 Å². The molecule has 2 aromatic carbocycles. The van der Waals surface area contributed by atoms with Crippen LogP contribution in [0.4, 0.5) is 5.69 Å². The number of primary amides is 1. The molecule has 0 unspecified atom stereocenters. The highest BCUT2D eigenvalue weighted by Gasteiger charge is 2.19. The fourth-order valence-corrected chi connectivity index (χ4v) is 4.51. The predicted molar refractivity (Wildman–Crippen MR) is 130 cm³/mol. The molecule has 0 aromatic heterocycles. The first-order valence-electron chi connectivity index (χ1n) is 10.6. The first kappa shape index (κ1) is 25.4. The van der Waals surface area contributed by atoms with Crippen LogP contribution in [0.15, 0.2) is 46.3 Å². The third kappa shape index (κ3) is 6.83. The SMILES string of the molecule is CC(C)CN[C@@H](CCCN=C(N)NS(=O)(=O)c1cccc2c(N(C)C)cccc12)C(N)=O. The van der Waals surface area contributed by atoms with Gasteiger partial charge in [-0.25, -0.2) is 13.1 Å². The normalized spacial score (nSPS) is 13.3. The van der Waals surface area contributed by atoms with Crippen LogP contribution in [0, 0.1) is 5.92 Å². The summed E-state index contributed by atoms with van der Waals surface area (Å²) >= 11 is 0. The zero-order chi connectivity index (χ0) is 23.9. The standard InChI is InChI=1S/C22H34N6O3S/c1-15(2)14-26-18(21(23)29)10-7-13-25-22(24)27-32(30,31)20-12-6-8-16-17(20)9-5-11-19(16)28(3)4/h5-6,8-9,11-12,15,18,26H,7,10,13-14H2,1-4H3,(H2,23,29)(H3,24,25,27)/t18-/m0/s1. The summed E-state index contributed by atoms with van der Waals surface area (Å²) in [6.45, 7) is 5.03. The molecule has 6 N–H and O–H groups in total. The van der Waals surface area contributed by atoms with E-state index in [9.17, 15) is 13.2 Å². The highest BCUT2D eigenvalue weighted by Crippen LogP contribution is 2.30. The van der Waals surface area contributed by atoms with Crippen molar-refractivity contribution in [3.05, 3.63) is 36.4 Å². The Balaban J connectivity index is 2.08. The first-order valence-corrected chi connectivity index (χ1v) is 12.1. The van der Waals surface area contributed by atoms with E-state index < -0.39 is 22.0 Å². The monoisotopic (exact) mass is 462 g/mol. The quantitative estimate of drug-likeness (QED) is 0.226. The predicted octanol–water partition coefficient (Wildman–Crippen LogP) is 1.38. The van der Waals surface area contributed by atoms with E-state index in [-0.39, 0.29) is 17.4 Å². The van der Waals surface area contributed by atoms with Crippen LogP contribution in [0.2, 0.25) is 0 Å². The molecule has 0 radical (unpaired) electrons. The summed E-state index contributed by atoms with van der Waals surface area (Å²) in [7, 11) is -0.119. The second kappa shape index (κ2) is 11.1. The van der Waals surface area contributed by atoms with Crippen LogP contribution < -0.4 is 26.4 Å². The number of benzene rings is 2. The number of fused-ring (bicyclic) bond motifs is 1. The number of carbonyl (C=O) groups excluding carboxylic acids is 1. The third-order valence-electron chi connectivity index (χ3n) is 4.92. The van der Waals surface area contributed by atoms with Gasteiger partial charge in [-0.1, -0.05) is 38.1 Å². The number of guanidine groups is 1. The van der Waals surface area contributed by atoms with Gasteiger partial charge in [-0.3, -0.25) is 9.79 Å². The number of nitrogens with one attached hydrogen (secondary N) is 2. The van der Waals surface area contributed by atoms with E-state index >= 15 is 0 Å². The van der Waals surface area contributed by atoms with Crippen molar-refractivity contribution in [2.45, 2.75) is 37.6 Å². The molecule has 0 aliphatic heterocycles. The Labute approximate surface area is 190 Å². The van der Waals surface area contributed by atoms with Gasteiger partial charge in [0.2, 0.25) is 11.9 Å². The van der Waals surface area contributed by atoms with Crippen LogP contribution in [-0.2, 0) is 14.8 Å². The topological polar surface area (TPSA) is 143 Å². The Morgan fingerprint density at radius 1 is 1.09 bits per heavy atom. The fraction of sp³-hybridized carbons (Fsp3) is 0.455. The summed E-state index contributed by atoms with van der Waals surface area (Å²) in [5.41, 5.74) is 12.2. The van der Waals surface area contributed by atoms with Crippen LogP contribution in [0.5, 0.6) is 0 Å². The number of hydrogen-bond donors (Lipinski definition) is 4. The molecule has 2 aromatic rings. The van der Waals surface area contributed by atoms with Gasteiger partial charge in [-0.05, 0) is 37.4 Å².